The Morgan fingerprint density at radius 1 is 1.40 bits per heavy atom. The molecule has 4 nitrogen and oxygen atoms in total. The van der Waals surface area contributed by atoms with Crippen molar-refractivity contribution in [1.29, 1.82) is 0 Å². The van der Waals surface area contributed by atoms with E-state index >= 15 is 0 Å². The zero-order valence-electron chi connectivity index (χ0n) is 10.3. The zero-order chi connectivity index (χ0) is 11.8. The largest absolute Gasteiger partial charge is 0.395 e. The average molecular weight is 216 g/mol. The van der Waals surface area contributed by atoms with Crippen molar-refractivity contribution in [3.8, 4) is 0 Å². The molecule has 0 bridgehead atoms. The highest BCUT2D eigenvalue weighted by atomic mass is 16.3. The second kappa shape index (κ2) is 7.65. The van der Waals surface area contributed by atoms with E-state index in [0.717, 1.165) is 13.0 Å². The third-order valence-electron chi connectivity index (χ3n) is 2.51. The summed E-state index contributed by atoms with van der Waals surface area (Å²) < 4.78 is 0. The minimum Gasteiger partial charge on any atom is -0.395 e. The molecule has 4 heteroatoms. The van der Waals surface area contributed by atoms with Crippen LogP contribution in [0.1, 0.15) is 27.2 Å². The van der Waals surface area contributed by atoms with E-state index in [1.54, 1.807) is 0 Å². The van der Waals surface area contributed by atoms with Crippen molar-refractivity contribution in [2.24, 2.45) is 5.92 Å². The van der Waals surface area contributed by atoms with Gasteiger partial charge in [-0.05, 0) is 26.3 Å². The van der Waals surface area contributed by atoms with Crippen LogP contribution < -0.4 is 5.32 Å². The number of hydrogen-bond donors (Lipinski definition) is 2. The molecule has 1 unspecified atom stereocenters. The first-order valence-corrected chi connectivity index (χ1v) is 5.57. The Morgan fingerprint density at radius 2 is 2.00 bits per heavy atom. The second-order valence-corrected chi connectivity index (χ2v) is 4.35. The molecule has 0 spiro atoms. The van der Waals surface area contributed by atoms with Gasteiger partial charge in [-0.3, -0.25) is 9.69 Å². The van der Waals surface area contributed by atoms with Gasteiger partial charge in [0.15, 0.2) is 0 Å². The maximum absolute atomic E-state index is 11.6. The van der Waals surface area contributed by atoms with Gasteiger partial charge in [-0.2, -0.15) is 0 Å². The number of aliphatic hydroxyl groups excluding tert-OH is 1. The summed E-state index contributed by atoms with van der Waals surface area (Å²) in [4.78, 5) is 13.4. The van der Waals surface area contributed by atoms with E-state index in [1.807, 2.05) is 18.9 Å². The van der Waals surface area contributed by atoms with Crippen LogP contribution in [0.4, 0.5) is 0 Å². The molecule has 0 radical (unpaired) electrons. The molecule has 0 heterocycles. The number of likely N-dealkylation sites (N-methyl/N-ethyl adjacent to an activating group) is 1. The van der Waals surface area contributed by atoms with Gasteiger partial charge in [0.2, 0.25) is 5.91 Å². The normalized spacial score (nSPS) is 13.3. The minimum atomic E-state index is -0.177. The topological polar surface area (TPSA) is 52.6 Å². The van der Waals surface area contributed by atoms with E-state index < -0.39 is 0 Å². The molecule has 0 aliphatic rings. The van der Waals surface area contributed by atoms with Crippen molar-refractivity contribution in [2.75, 3.05) is 26.7 Å². The molecule has 0 rings (SSSR count). The van der Waals surface area contributed by atoms with Crippen molar-refractivity contribution in [3.63, 3.8) is 0 Å². The van der Waals surface area contributed by atoms with E-state index in [0.29, 0.717) is 12.5 Å². The van der Waals surface area contributed by atoms with Crippen LogP contribution in [0.2, 0.25) is 0 Å². The number of carbonyl (C=O) groups excluding carboxylic acids is 1. The van der Waals surface area contributed by atoms with Gasteiger partial charge in [0, 0.05) is 13.1 Å². The molecule has 90 valence electrons. The van der Waals surface area contributed by atoms with Crippen LogP contribution in [0.3, 0.4) is 0 Å². The van der Waals surface area contributed by atoms with Crippen LogP contribution >= 0.6 is 0 Å². The van der Waals surface area contributed by atoms with Crippen molar-refractivity contribution < 1.29 is 9.90 Å². The van der Waals surface area contributed by atoms with Crippen molar-refractivity contribution in [2.45, 2.75) is 33.2 Å². The third-order valence-corrected chi connectivity index (χ3v) is 2.51. The smallest absolute Gasteiger partial charge is 0.237 e. The van der Waals surface area contributed by atoms with Gasteiger partial charge < -0.3 is 10.4 Å². The van der Waals surface area contributed by atoms with E-state index in [1.165, 1.54) is 0 Å². The average Bonchev–Trinajstić information content (AvgIpc) is 2.16. The van der Waals surface area contributed by atoms with Crippen LogP contribution in [0.25, 0.3) is 0 Å². The maximum atomic E-state index is 11.6. The van der Waals surface area contributed by atoms with Crippen LogP contribution in [0, 0.1) is 5.92 Å². The summed E-state index contributed by atoms with van der Waals surface area (Å²) in [6.07, 6.45) is 1.00. The number of carbonyl (C=O) groups is 1. The predicted octanol–water partition coefficient (Wildman–Crippen LogP) is 0.461. The molecule has 0 aromatic rings. The highest BCUT2D eigenvalue weighted by molar-refractivity contribution is 5.81. The second-order valence-electron chi connectivity index (χ2n) is 4.35. The van der Waals surface area contributed by atoms with E-state index in [9.17, 15) is 4.79 Å². The van der Waals surface area contributed by atoms with Gasteiger partial charge in [-0.1, -0.05) is 13.8 Å². The Morgan fingerprint density at radius 3 is 2.47 bits per heavy atom. The van der Waals surface area contributed by atoms with Crippen LogP contribution in [0.5, 0.6) is 0 Å². The van der Waals surface area contributed by atoms with E-state index in [2.05, 4.69) is 19.2 Å². The summed E-state index contributed by atoms with van der Waals surface area (Å²) >= 11 is 0. The lowest BCUT2D eigenvalue weighted by Gasteiger charge is -2.22. The molecule has 2 N–H and O–H groups in total. The van der Waals surface area contributed by atoms with Gasteiger partial charge in [0.05, 0.1) is 12.6 Å². The first-order chi connectivity index (χ1) is 6.99. The molecule has 0 aliphatic carbocycles. The standard InChI is InChI=1S/C11H24N2O2/c1-9(2)5-6-12-11(15)10(3)13(4)7-8-14/h9-10,14H,5-8H2,1-4H3,(H,12,15). The highest BCUT2D eigenvalue weighted by Crippen LogP contribution is 1.98. The molecule has 15 heavy (non-hydrogen) atoms. The van der Waals surface area contributed by atoms with Gasteiger partial charge in [0.25, 0.3) is 0 Å². The van der Waals surface area contributed by atoms with Crippen molar-refractivity contribution in [1.82, 2.24) is 10.2 Å². The Kier molecular flexibility index (Phi) is 7.34. The van der Waals surface area contributed by atoms with E-state index in [4.69, 9.17) is 5.11 Å². The van der Waals surface area contributed by atoms with Crippen LogP contribution in [-0.2, 0) is 4.79 Å². The monoisotopic (exact) mass is 216 g/mol. The fraction of sp³-hybridized carbons (Fsp3) is 0.909. The summed E-state index contributed by atoms with van der Waals surface area (Å²) in [6, 6.07) is -0.177. The fourth-order valence-corrected chi connectivity index (χ4v) is 1.18. The SMILES string of the molecule is CC(C)CCNC(=O)C(C)N(C)CCO. The Labute approximate surface area is 92.7 Å². The number of amides is 1. The number of nitrogens with one attached hydrogen (secondary N) is 1. The molecule has 0 aromatic carbocycles. The number of hydrogen-bond acceptors (Lipinski definition) is 3. The first-order valence-electron chi connectivity index (χ1n) is 5.57. The van der Waals surface area contributed by atoms with Gasteiger partial charge in [-0.15, -0.1) is 0 Å². The molecule has 0 aliphatic heterocycles. The Bertz CT molecular complexity index is 183. The molecule has 0 saturated carbocycles. The lowest BCUT2D eigenvalue weighted by atomic mass is 10.1. The molecule has 1 amide bonds. The zero-order valence-corrected chi connectivity index (χ0v) is 10.3. The molecule has 0 aromatic heterocycles. The first kappa shape index (κ1) is 14.4. The minimum absolute atomic E-state index is 0.0339. The van der Waals surface area contributed by atoms with Crippen molar-refractivity contribution >= 4 is 5.91 Å². The number of aliphatic hydroxyl groups is 1. The molecular formula is C11H24N2O2. The lowest BCUT2D eigenvalue weighted by molar-refractivity contribution is -0.125. The van der Waals surface area contributed by atoms with Crippen molar-refractivity contribution in [3.05, 3.63) is 0 Å². The Balaban J connectivity index is 3.78. The Hall–Kier alpha value is -0.610. The predicted molar refractivity (Wildman–Crippen MR) is 61.6 cm³/mol. The third kappa shape index (κ3) is 6.47. The van der Waals surface area contributed by atoms with Gasteiger partial charge >= 0.3 is 0 Å². The fourth-order valence-electron chi connectivity index (χ4n) is 1.18. The summed E-state index contributed by atoms with van der Waals surface area (Å²) in [5.41, 5.74) is 0. The summed E-state index contributed by atoms with van der Waals surface area (Å²) in [6.45, 7) is 7.45. The lowest BCUT2D eigenvalue weighted by Crippen LogP contribution is -2.44. The highest BCUT2D eigenvalue weighted by Gasteiger charge is 2.16. The number of rotatable bonds is 7. The summed E-state index contributed by atoms with van der Waals surface area (Å²) in [5.74, 6) is 0.641. The van der Waals surface area contributed by atoms with Gasteiger partial charge in [0.1, 0.15) is 0 Å². The maximum Gasteiger partial charge on any atom is 0.237 e. The molecule has 1 atom stereocenters. The molecular weight excluding hydrogens is 192 g/mol. The molecule has 0 fully saturated rings. The summed E-state index contributed by atoms with van der Waals surface area (Å²) in [5, 5.41) is 11.6. The quantitative estimate of drug-likeness (QED) is 0.650. The number of nitrogens with zero attached hydrogens (tertiary/aromatic N) is 1. The molecule has 0 saturated heterocycles. The van der Waals surface area contributed by atoms with Crippen LogP contribution in [0.15, 0.2) is 0 Å². The summed E-state index contributed by atoms with van der Waals surface area (Å²) in [7, 11) is 1.84. The van der Waals surface area contributed by atoms with Crippen LogP contribution in [-0.4, -0.2) is 48.7 Å². The van der Waals surface area contributed by atoms with E-state index in [-0.39, 0.29) is 18.6 Å². The van der Waals surface area contributed by atoms with Gasteiger partial charge in [-0.25, -0.2) is 0 Å².